The van der Waals surface area contributed by atoms with Crippen LogP contribution < -0.4 is 0 Å². The smallest absolute Gasteiger partial charge is 0.303 e. The monoisotopic (exact) mass is 211 g/mol. The summed E-state index contributed by atoms with van der Waals surface area (Å²) in [5, 5.41) is 8.75. The fraction of sp³-hybridized carbons (Fsp3) is 0.846. The molecule has 15 heavy (non-hydrogen) atoms. The van der Waals surface area contributed by atoms with Crippen molar-refractivity contribution < 1.29 is 9.90 Å². The number of carboxylic acid groups (broad SMARTS) is 1. The molecule has 0 aliphatic heterocycles. The summed E-state index contributed by atoms with van der Waals surface area (Å²) in [6, 6.07) is 0. The van der Waals surface area contributed by atoms with Crippen LogP contribution in [-0.4, -0.2) is 11.1 Å². The quantitative estimate of drug-likeness (QED) is 0.753. The minimum absolute atomic E-state index is 0.231. The second-order valence-electron chi connectivity index (χ2n) is 5.10. The average molecular weight is 211 g/mol. The first-order valence-corrected chi connectivity index (χ1v) is 6.14. The number of hydrogen-bond acceptors (Lipinski definition) is 1. The van der Waals surface area contributed by atoms with E-state index in [1.165, 1.54) is 25.7 Å². The summed E-state index contributed by atoms with van der Waals surface area (Å²) in [7, 11) is 0. The van der Waals surface area contributed by atoms with Crippen LogP contribution in [0.4, 0.5) is 0 Å². The van der Waals surface area contributed by atoms with Gasteiger partial charge in [-0.05, 0) is 37.0 Å². The van der Waals surface area contributed by atoms with E-state index in [0.29, 0.717) is 0 Å². The van der Waals surface area contributed by atoms with E-state index >= 15 is 0 Å². The maximum atomic E-state index is 10.6. The summed E-state index contributed by atoms with van der Waals surface area (Å²) < 4.78 is 0. The Morgan fingerprint density at radius 3 is 2.53 bits per heavy atom. The number of carboxylic acids is 1. The first-order valence-electron chi connectivity index (χ1n) is 6.14. The third-order valence-electron chi connectivity index (χ3n) is 3.73. The molecule has 1 aliphatic carbocycles. The van der Waals surface area contributed by atoms with E-state index in [1.807, 2.05) is 0 Å². The zero-order chi connectivity index (χ0) is 11.3. The van der Waals surface area contributed by atoms with E-state index < -0.39 is 5.97 Å². The lowest BCUT2D eigenvalue weighted by Crippen LogP contribution is -2.28. The molecule has 0 aromatic rings. The highest BCUT2D eigenvalue weighted by atomic mass is 16.4. The highest BCUT2D eigenvalue weighted by Crippen LogP contribution is 2.44. The summed E-state index contributed by atoms with van der Waals surface area (Å²) in [5.41, 5.74) is 0.236. The van der Waals surface area contributed by atoms with Gasteiger partial charge in [-0.2, -0.15) is 0 Å². The molecule has 0 aromatic carbocycles. The summed E-state index contributed by atoms with van der Waals surface area (Å²) in [6.07, 6.45) is 9.52. The highest BCUT2D eigenvalue weighted by molar-refractivity contribution is 5.68. The summed E-state index contributed by atoms with van der Waals surface area (Å²) >= 11 is 0. The first-order chi connectivity index (χ1) is 7.08. The van der Waals surface area contributed by atoms with E-state index in [9.17, 15) is 4.79 Å². The van der Waals surface area contributed by atoms with E-state index in [1.54, 1.807) is 0 Å². The van der Waals surface area contributed by atoms with Gasteiger partial charge in [0, 0.05) is 6.42 Å². The van der Waals surface area contributed by atoms with Crippen LogP contribution in [-0.2, 0) is 4.79 Å². The molecule has 0 amide bonds. The maximum absolute atomic E-state index is 10.6. The fourth-order valence-corrected chi connectivity index (χ4v) is 2.69. The Morgan fingerprint density at radius 1 is 1.47 bits per heavy atom. The van der Waals surface area contributed by atoms with Crippen molar-refractivity contribution in [3.63, 3.8) is 0 Å². The van der Waals surface area contributed by atoms with Gasteiger partial charge in [0.2, 0.25) is 0 Å². The van der Waals surface area contributed by atoms with Crippen LogP contribution in [0.25, 0.3) is 0 Å². The minimum Gasteiger partial charge on any atom is -0.481 e. The van der Waals surface area contributed by atoms with Gasteiger partial charge in [0.15, 0.2) is 0 Å². The number of carbonyl (C=O) groups is 1. The SMILES string of the molecule is CCCC1([CH]CC(=O)O)CCC(C)CC1. The molecule has 1 N–H and O–H groups in total. The first kappa shape index (κ1) is 12.5. The van der Waals surface area contributed by atoms with Crippen molar-refractivity contribution in [3.05, 3.63) is 6.42 Å². The van der Waals surface area contributed by atoms with Gasteiger partial charge in [0.05, 0.1) is 0 Å². The second kappa shape index (κ2) is 5.53. The van der Waals surface area contributed by atoms with Gasteiger partial charge in [0.25, 0.3) is 0 Å². The van der Waals surface area contributed by atoms with Gasteiger partial charge in [-0.3, -0.25) is 4.79 Å². The normalized spacial score (nSPS) is 31.5. The van der Waals surface area contributed by atoms with E-state index in [2.05, 4.69) is 20.3 Å². The molecule has 0 heterocycles. The van der Waals surface area contributed by atoms with E-state index in [0.717, 1.165) is 18.8 Å². The van der Waals surface area contributed by atoms with Crippen LogP contribution in [0.15, 0.2) is 0 Å². The fourth-order valence-electron chi connectivity index (χ4n) is 2.69. The molecule has 87 valence electrons. The topological polar surface area (TPSA) is 37.3 Å². The zero-order valence-corrected chi connectivity index (χ0v) is 9.96. The van der Waals surface area contributed by atoms with Crippen molar-refractivity contribution >= 4 is 5.97 Å². The molecular formula is C13H23O2. The molecule has 0 bridgehead atoms. The molecule has 0 unspecified atom stereocenters. The minimum atomic E-state index is -0.691. The van der Waals surface area contributed by atoms with Crippen LogP contribution in [0, 0.1) is 17.8 Å². The lowest BCUT2D eigenvalue weighted by Gasteiger charge is -2.39. The largest absolute Gasteiger partial charge is 0.481 e. The Balaban J connectivity index is 2.50. The molecule has 2 nitrogen and oxygen atoms in total. The molecule has 1 aliphatic rings. The van der Waals surface area contributed by atoms with Gasteiger partial charge in [0.1, 0.15) is 0 Å². The Morgan fingerprint density at radius 2 is 2.07 bits per heavy atom. The predicted octanol–water partition coefficient (Wildman–Crippen LogP) is 3.66. The van der Waals surface area contributed by atoms with Crippen molar-refractivity contribution in [2.75, 3.05) is 0 Å². The van der Waals surface area contributed by atoms with Gasteiger partial charge in [-0.15, -0.1) is 0 Å². The second-order valence-corrected chi connectivity index (χ2v) is 5.10. The standard InChI is InChI=1S/C13H23O2/c1-3-7-13(10-6-12(14)15)8-4-11(2)5-9-13/h10-11H,3-9H2,1-2H3,(H,14,15). The van der Waals surface area contributed by atoms with Crippen molar-refractivity contribution in [1.82, 2.24) is 0 Å². The molecule has 1 rings (SSSR count). The Kier molecular flexibility index (Phi) is 4.62. The van der Waals surface area contributed by atoms with Crippen molar-refractivity contribution in [1.29, 1.82) is 0 Å². The van der Waals surface area contributed by atoms with Crippen LogP contribution in [0.2, 0.25) is 0 Å². The van der Waals surface area contributed by atoms with Gasteiger partial charge < -0.3 is 5.11 Å². The molecule has 1 fully saturated rings. The summed E-state index contributed by atoms with van der Waals surface area (Å²) in [6.45, 7) is 4.49. The van der Waals surface area contributed by atoms with Gasteiger partial charge >= 0.3 is 5.97 Å². The van der Waals surface area contributed by atoms with Crippen molar-refractivity contribution in [3.8, 4) is 0 Å². The number of rotatable bonds is 5. The predicted molar refractivity (Wildman–Crippen MR) is 61.5 cm³/mol. The molecule has 0 aromatic heterocycles. The Hall–Kier alpha value is -0.530. The molecule has 2 heteroatoms. The average Bonchev–Trinajstić information content (AvgIpc) is 2.20. The van der Waals surface area contributed by atoms with Crippen LogP contribution in [0.5, 0.6) is 0 Å². The van der Waals surface area contributed by atoms with Crippen molar-refractivity contribution in [2.45, 2.75) is 58.8 Å². The molecule has 0 spiro atoms. The highest BCUT2D eigenvalue weighted by Gasteiger charge is 2.33. The number of hydrogen-bond donors (Lipinski definition) is 1. The van der Waals surface area contributed by atoms with Crippen LogP contribution in [0.3, 0.4) is 0 Å². The van der Waals surface area contributed by atoms with Crippen LogP contribution in [0.1, 0.15) is 58.8 Å². The molecule has 0 atom stereocenters. The van der Waals surface area contributed by atoms with Gasteiger partial charge in [-0.25, -0.2) is 0 Å². The third kappa shape index (κ3) is 3.84. The van der Waals surface area contributed by atoms with E-state index in [-0.39, 0.29) is 11.8 Å². The lowest BCUT2D eigenvalue weighted by atomic mass is 9.66. The maximum Gasteiger partial charge on any atom is 0.303 e. The Labute approximate surface area is 93.1 Å². The lowest BCUT2D eigenvalue weighted by molar-refractivity contribution is -0.136. The summed E-state index contributed by atoms with van der Waals surface area (Å²) in [4.78, 5) is 10.6. The number of aliphatic carboxylic acids is 1. The third-order valence-corrected chi connectivity index (χ3v) is 3.73. The Bertz CT molecular complexity index is 203. The summed E-state index contributed by atoms with van der Waals surface area (Å²) in [5.74, 6) is 0.136. The molecule has 1 radical (unpaired) electrons. The molecule has 1 saturated carbocycles. The van der Waals surface area contributed by atoms with Crippen LogP contribution >= 0.6 is 0 Å². The van der Waals surface area contributed by atoms with Crippen molar-refractivity contribution in [2.24, 2.45) is 11.3 Å². The molecule has 0 saturated heterocycles. The molecular weight excluding hydrogens is 188 g/mol. The van der Waals surface area contributed by atoms with E-state index in [4.69, 9.17) is 5.11 Å². The zero-order valence-electron chi connectivity index (χ0n) is 9.96. The van der Waals surface area contributed by atoms with Gasteiger partial charge in [-0.1, -0.05) is 33.1 Å².